The fraction of sp³-hybridized carbons (Fsp3) is 0.692. The van der Waals surface area contributed by atoms with Crippen LogP contribution in [-0.2, 0) is 19.1 Å². The second-order valence-corrected chi connectivity index (χ2v) is 31.8. The molecule has 86 heavy (non-hydrogen) atoms. The first kappa shape index (κ1) is 62.9. The molecule has 16 atom stereocenters. The van der Waals surface area contributed by atoms with Crippen LogP contribution in [0, 0.1) is 92.7 Å². The molecule has 0 unspecified atom stereocenters. The van der Waals surface area contributed by atoms with Crippen molar-refractivity contribution in [3.05, 3.63) is 94.4 Å². The van der Waals surface area contributed by atoms with Gasteiger partial charge in [0.15, 0.2) is 0 Å². The molecule has 468 valence electrons. The van der Waals surface area contributed by atoms with Crippen LogP contribution in [0.15, 0.2) is 104 Å². The van der Waals surface area contributed by atoms with Gasteiger partial charge in [-0.3, -0.25) is 9.98 Å². The molecule has 8 nitrogen and oxygen atoms in total. The Morgan fingerprint density at radius 3 is 1.30 bits per heavy atom. The Hall–Kier alpha value is -4.72. The van der Waals surface area contributed by atoms with Crippen LogP contribution in [0.25, 0.3) is 0 Å². The molecule has 8 aliphatic carbocycles. The summed E-state index contributed by atoms with van der Waals surface area (Å²) in [6.07, 6.45) is 31.6. The lowest BCUT2D eigenvalue weighted by molar-refractivity contribution is -0.147. The fourth-order valence-corrected chi connectivity index (χ4v) is 21.4. The molecule has 6 fully saturated rings. The highest BCUT2D eigenvalue weighted by Crippen LogP contribution is 2.69. The number of esters is 2. The number of ether oxygens (including phenoxy) is 2. The number of aliphatic imine (C=N–C) groups is 2. The summed E-state index contributed by atoms with van der Waals surface area (Å²) in [4.78, 5) is 40.5. The molecule has 11 rings (SSSR count). The summed E-state index contributed by atoms with van der Waals surface area (Å²) < 4.78 is 13.4. The molecule has 2 aromatic carbocycles. The Bertz CT molecular complexity index is 2850. The van der Waals surface area contributed by atoms with Crippen LogP contribution >= 0.6 is 0 Å². The van der Waals surface area contributed by atoms with Gasteiger partial charge >= 0.3 is 11.9 Å². The van der Waals surface area contributed by atoms with Crippen LogP contribution in [0.5, 0.6) is 0 Å². The predicted molar refractivity (Wildman–Crippen MR) is 357 cm³/mol. The highest BCUT2D eigenvalue weighted by molar-refractivity contribution is 6.22. The second kappa shape index (κ2) is 25.3. The summed E-state index contributed by atoms with van der Waals surface area (Å²) in [6.45, 7) is 32.8. The standard InChI is InChI=1S/C78H112N4O4/c1-47(2)21-19-23-49(5)61-33-35-63-59-31-29-55-45-57(37-41-75(55,11)65(59)39-43-77(61,63)13)85-73(83)71-51(7)79-67-25-15-17-27-69(67)81-53(9)72(54(10)82-70-28-18-16-26-68(70)80-52(71)8)74(84)86-58-38-42-76(12)56(46-58)30-32-60-64-36-34-62(50(6)24-20-22-48(3)4)78(64,14)44-40-66(60)76/h15-18,25-30,47-50,57-66,79,82H,19-24,31-46H2,1-14H3/b71-51+,72-54+,80-52?,81-53?/t49-,50-,57+,58+,59+,60+,61-,62-,63+,64+,65+,66+,75+,76+,77-,78-/m1/s1. The van der Waals surface area contributed by atoms with Gasteiger partial charge < -0.3 is 20.1 Å². The van der Waals surface area contributed by atoms with Crippen molar-refractivity contribution in [2.24, 2.45) is 103 Å². The van der Waals surface area contributed by atoms with Crippen LogP contribution in [0.1, 0.15) is 238 Å². The average molecular weight is 1170 g/mol. The lowest BCUT2D eigenvalue weighted by atomic mass is 9.47. The van der Waals surface area contributed by atoms with E-state index in [1.165, 1.54) is 101 Å². The first-order valence-corrected chi connectivity index (χ1v) is 35.1. The molecule has 2 N–H and O–H groups in total. The van der Waals surface area contributed by atoms with E-state index in [1.807, 2.05) is 76.2 Å². The van der Waals surface area contributed by atoms with E-state index in [4.69, 9.17) is 19.5 Å². The predicted octanol–water partition coefficient (Wildman–Crippen LogP) is 20.9. The van der Waals surface area contributed by atoms with Crippen LogP contribution in [-0.4, -0.2) is 35.6 Å². The molecule has 0 amide bonds. The summed E-state index contributed by atoms with van der Waals surface area (Å²) >= 11 is 0. The first-order valence-electron chi connectivity index (χ1n) is 35.1. The number of allylic oxidation sites excluding steroid dienone is 4. The monoisotopic (exact) mass is 1170 g/mol. The summed E-state index contributed by atoms with van der Waals surface area (Å²) in [7, 11) is 0. The Morgan fingerprint density at radius 2 is 0.907 bits per heavy atom. The van der Waals surface area contributed by atoms with Crippen molar-refractivity contribution in [1.29, 1.82) is 0 Å². The largest absolute Gasteiger partial charge is 0.458 e. The van der Waals surface area contributed by atoms with Crippen LogP contribution in [0.3, 0.4) is 0 Å². The third-order valence-corrected chi connectivity index (χ3v) is 26.0. The number of anilines is 2. The molecule has 0 saturated heterocycles. The van der Waals surface area contributed by atoms with Gasteiger partial charge in [-0.15, -0.1) is 0 Å². The highest BCUT2D eigenvalue weighted by atomic mass is 16.5. The quantitative estimate of drug-likeness (QED) is 0.144. The number of benzene rings is 2. The number of hydrogen-bond acceptors (Lipinski definition) is 8. The minimum Gasteiger partial charge on any atom is -0.458 e. The molecule has 1 heterocycles. The number of carbonyl (C=O) groups excluding carboxylic acids is 2. The zero-order valence-corrected chi connectivity index (χ0v) is 55.9. The molecule has 6 saturated carbocycles. The van der Waals surface area contributed by atoms with Crippen molar-refractivity contribution in [1.82, 2.24) is 0 Å². The molecule has 0 radical (unpaired) electrons. The second-order valence-electron chi connectivity index (χ2n) is 31.8. The summed E-state index contributed by atoms with van der Waals surface area (Å²) in [5.74, 6) is 8.64. The summed E-state index contributed by atoms with van der Waals surface area (Å²) in [5.41, 5.74) is 10.1. The molecule has 0 aromatic heterocycles. The molecule has 2 aromatic rings. The SMILES string of the molecule is CC1=Nc2ccccc2N/C(C)=C(/C(=O)O[C@H]2CC[C@@]3(C)C(=CC[C@H]4[C@@H]5CC[C@H]([C@H](C)CCCC(C)C)[C@@]5(C)CC[C@@H]43)C2)C(C)=Nc2ccccc2N/C(C)=C\1C(=O)O[C@H]1CC[C@@]2(C)C(=CC[C@H]3[C@@H]4CC[C@H]([C@H](C)CCCC(C)C)[C@@]4(C)CC[C@@H]32)C1. The normalized spacial score (nSPS) is 37.5. The maximum Gasteiger partial charge on any atom is 0.342 e. The van der Waals surface area contributed by atoms with Gasteiger partial charge in [0.25, 0.3) is 0 Å². The summed E-state index contributed by atoms with van der Waals surface area (Å²) in [5, 5.41) is 7.23. The minimum atomic E-state index is -0.365. The topological polar surface area (TPSA) is 101 Å². The number of nitrogens with zero attached hydrogens (tertiary/aromatic N) is 2. The van der Waals surface area contributed by atoms with Crippen molar-refractivity contribution in [2.45, 2.75) is 250 Å². The molecular weight excluding hydrogens is 1060 g/mol. The first-order chi connectivity index (χ1) is 41.0. The lowest BCUT2D eigenvalue weighted by Crippen LogP contribution is -2.51. The van der Waals surface area contributed by atoms with Gasteiger partial charge in [0.1, 0.15) is 12.2 Å². The smallest absolute Gasteiger partial charge is 0.342 e. The van der Waals surface area contributed by atoms with Crippen molar-refractivity contribution in [2.75, 3.05) is 10.6 Å². The van der Waals surface area contributed by atoms with Crippen molar-refractivity contribution in [3.8, 4) is 0 Å². The van der Waals surface area contributed by atoms with Gasteiger partial charge in [-0.05, 0) is 235 Å². The molecule has 8 heteroatoms. The van der Waals surface area contributed by atoms with Gasteiger partial charge in [-0.1, -0.05) is 155 Å². The van der Waals surface area contributed by atoms with Crippen molar-refractivity contribution < 1.29 is 19.1 Å². The van der Waals surface area contributed by atoms with E-state index in [0.29, 0.717) is 79.4 Å². The number of carbonyl (C=O) groups is 2. The van der Waals surface area contributed by atoms with Crippen molar-refractivity contribution in [3.63, 3.8) is 0 Å². The third kappa shape index (κ3) is 12.0. The maximum atomic E-state index is 15.0. The lowest BCUT2D eigenvalue weighted by Gasteiger charge is -2.58. The van der Waals surface area contributed by atoms with Gasteiger partial charge in [0.2, 0.25) is 0 Å². The number of para-hydroxylation sites is 4. The maximum absolute atomic E-state index is 15.0. The number of nitrogens with one attached hydrogen (secondary N) is 2. The molecular formula is C78H112N4O4. The van der Waals surface area contributed by atoms with Gasteiger partial charge in [-0.25, -0.2) is 9.59 Å². The Kier molecular flexibility index (Phi) is 18.5. The highest BCUT2D eigenvalue weighted by Gasteiger charge is 2.61. The van der Waals surface area contributed by atoms with Crippen LogP contribution < -0.4 is 10.6 Å². The number of fused-ring (bicyclic) bond motifs is 12. The van der Waals surface area contributed by atoms with E-state index in [2.05, 4.69) is 92.0 Å². The minimum absolute atomic E-state index is 0.146. The summed E-state index contributed by atoms with van der Waals surface area (Å²) in [6, 6.07) is 15.7. The molecule has 0 spiro atoms. The number of rotatable bonds is 14. The van der Waals surface area contributed by atoms with E-state index in [0.717, 1.165) is 111 Å². The van der Waals surface area contributed by atoms with E-state index in [9.17, 15) is 0 Å². The average Bonchev–Trinajstić information content (AvgIpc) is 1.35. The Balaban J connectivity index is 0.792. The van der Waals surface area contributed by atoms with Gasteiger partial charge in [-0.2, -0.15) is 0 Å². The van der Waals surface area contributed by atoms with Crippen molar-refractivity contribution >= 4 is 46.1 Å². The molecule has 1 aliphatic heterocycles. The van der Waals surface area contributed by atoms with E-state index < -0.39 is 0 Å². The van der Waals surface area contributed by atoms with Crippen LogP contribution in [0.2, 0.25) is 0 Å². The van der Waals surface area contributed by atoms with Gasteiger partial charge in [0, 0.05) is 24.2 Å². The van der Waals surface area contributed by atoms with Gasteiger partial charge in [0.05, 0.1) is 45.3 Å². The van der Waals surface area contributed by atoms with E-state index in [-0.39, 0.29) is 35.0 Å². The Morgan fingerprint density at radius 1 is 0.512 bits per heavy atom. The zero-order chi connectivity index (χ0) is 61.0. The molecule has 0 bridgehead atoms. The Labute approximate surface area is 520 Å². The zero-order valence-electron chi connectivity index (χ0n) is 55.9. The van der Waals surface area contributed by atoms with E-state index in [1.54, 1.807) is 0 Å². The fourth-order valence-electron chi connectivity index (χ4n) is 21.4. The molecule has 9 aliphatic rings. The third-order valence-electron chi connectivity index (χ3n) is 26.0. The number of hydrogen-bond donors (Lipinski definition) is 2. The van der Waals surface area contributed by atoms with E-state index >= 15 is 9.59 Å². The van der Waals surface area contributed by atoms with Crippen LogP contribution in [0.4, 0.5) is 22.7 Å².